The van der Waals surface area contributed by atoms with Crippen molar-refractivity contribution in [2.45, 2.75) is 68.3 Å². The van der Waals surface area contributed by atoms with E-state index in [1.54, 1.807) is 12.1 Å². The Morgan fingerprint density at radius 1 is 1.15 bits per heavy atom. The van der Waals surface area contributed by atoms with E-state index in [-0.39, 0.29) is 23.3 Å². The van der Waals surface area contributed by atoms with E-state index in [4.69, 9.17) is 9.57 Å². The van der Waals surface area contributed by atoms with Crippen molar-refractivity contribution < 1.29 is 27.6 Å². The van der Waals surface area contributed by atoms with Crippen molar-refractivity contribution in [3.63, 3.8) is 0 Å². The quantitative estimate of drug-likeness (QED) is 0.575. The summed E-state index contributed by atoms with van der Waals surface area (Å²) in [4.78, 5) is 30.3. The van der Waals surface area contributed by atoms with Crippen molar-refractivity contribution in [3.05, 3.63) is 24.3 Å². The second-order valence-electron chi connectivity index (χ2n) is 9.21. The Labute approximate surface area is 195 Å². The first-order chi connectivity index (χ1) is 15.9. The van der Waals surface area contributed by atoms with Gasteiger partial charge in [-0.2, -0.15) is 9.79 Å². The number of nitrogens with zero attached hydrogens (tertiary/aromatic N) is 1. The van der Waals surface area contributed by atoms with Gasteiger partial charge in [0.15, 0.2) is 0 Å². The molecule has 3 fully saturated rings. The normalized spacial score (nSPS) is 26.0. The Hall–Kier alpha value is -2.17. The zero-order valence-corrected chi connectivity index (χ0v) is 19.8. The first kappa shape index (κ1) is 24.0. The monoisotopic (exact) mass is 479 g/mol. The third-order valence-electron chi connectivity index (χ3n) is 7.18. The standard InChI is InChI=1S/C23H33N3O6S/c1-31-18-7-9-19(10-8-18)33(29,30)26-20(14-17-12-13-24-15-21(17)26)23(28)25-32-22(27)11-6-16-4-2-3-5-16/h7-10,16-17,20-21,24H,2-6,11-15H2,1H3,(H,25,28)/t17-,20-,21-/m0/s1. The van der Waals surface area contributed by atoms with E-state index < -0.39 is 27.9 Å². The number of carbonyl (C=O) groups excluding carboxylic acids is 2. The topological polar surface area (TPSA) is 114 Å². The molecule has 4 rings (SSSR count). The molecule has 0 radical (unpaired) electrons. The Bertz CT molecular complexity index is 945. The number of rotatable bonds is 7. The van der Waals surface area contributed by atoms with Crippen LogP contribution in [0.25, 0.3) is 0 Å². The molecule has 1 aromatic rings. The van der Waals surface area contributed by atoms with Gasteiger partial charge in [-0.1, -0.05) is 25.7 Å². The van der Waals surface area contributed by atoms with Crippen LogP contribution in [-0.4, -0.2) is 56.9 Å². The molecule has 1 aliphatic carbocycles. The zero-order valence-electron chi connectivity index (χ0n) is 19.0. The van der Waals surface area contributed by atoms with Gasteiger partial charge >= 0.3 is 5.97 Å². The fraction of sp³-hybridized carbons (Fsp3) is 0.652. The number of hydrogen-bond donors (Lipinski definition) is 2. The van der Waals surface area contributed by atoms with E-state index >= 15 is 0 Å². The maximum atomic E-state index is 13.6. The lowest BCUT2D eigenvalue weighted by Gasteiger charge is -2.33. The van der Waals surface area contributed by atoms with E-state index in [1.165, 1.54) is 36.4 Å². The van der Waals surface area contributed by atoms with Gasteiger partial charge in [-0.15, -0.1) is 0 Å². The van der Waals surface area contributed by atoms with Crippen molar-refractivity contribution in [1.29, 1.82) is 0 Å². The molecule has 2 saturated heterocycles. The Morgan fingerprint density at radius 2 is 1.88 bits per heavy atom. The molecule has 9 nitrogen and oxygen atoms in total. The molecule has 2 N–H and O–H groups in total. The summed E-state index contributed by atoms with van der Waals surface area (Å²) in [6.45, 7) is 1.26. The number of hydrogen-bond acceptors (Lipinski definition) is 7. The number of methoxy groups -OCH3 is 1. The van der Waals surface area contributed by atoms with Crippen molar-refractivity contribution in [2.75, 3.05) is 20.2 Å². The second-order valence-corrected chi connectivity index (χ2v) is 11.1. The van der Waals surface area contributed by atoms with Gasteiger partial charge in [-0.05, 0) is 61.9 Å². The molecule has 2 aliphatic heterocycles. The molecule has 0 spiro atoms. The molecule has 3 aliphatic rings. The molecule has 10 heteroatoms. The first-order valence-electron chi connectivity index (χ1n) is 11.8. The highest BCUT2D eigenvalue weighted by atomic mass is 32.2. The van der Waals surface area contributed by atoms with E-state index in [2.05, 4.69) is 10.8 Å². The zero-order chi connectivity index (χ0) is 23.4. The minimum absolute atomic E-state index is 0.0630. The molecule has 0 aromatic heterocycles. The Morgan fingerprint density at radius 3 is 2.58 bits per heavy atom. The minimum atomic E-state index is -3.95. The highest BCUT2D eigenvalue weighted by molar-refractivity contribution is 7.89. The lowest BCUT2D eigenvalue weighted by atomic mass is 9.92. The number of nitrogens with one attached hydrogen (secondary N) is 2. The van der Waals surface area contributed by atoms with Gasteiger partial charge in [-0.3, -0.25) is 4.79 Å². The summed E-state index contributed by atoms with van der Waals surface area (Å²) in [7, 11) is -2.44. The van der Waals surface area contributed by atoms with Crippen molar-refractivity contribution in [3.8, 4) is 5.75 Å². The summed E-state index contributed by atoms with van der Waals surface area (Å²) in [6.07, 6.45) is 6.86. The molecular weight excluding hydrogens is 446 g/mol. The van der Waals surface area contributed by atoms with Gasteiger partial charge < -0.3 is 14.9 Å². The van der Waals surface area contributed by atoms with Crippen molar-refractivity contribution in [2.24, 2.45) is 11.8 Å². The minimum Gasteiger partial charge on any atom is -0.497 e. The number of amides is 1. The summed E-state index contributed by atoms with van der Waals surface area (Å²) < 4.78 is 33.5. The highest BCUT2D eigenvalue weighted by Crippen LogP contribution is 2.38. The van der Waals surface area contributed by atoms with Gasteiger partial charge in [0.1, 0.15) is 11.8 Å². The predicted molar refractivity (Wildman–Crippen MR) is 121 cm³/mol. The van der Waals surface area contributed by atoms with Crippen LogP contribution in [-0.2, 0) is 24.4 Å². The van der Waals surface area contributed by atoms with E-state index in [0.717, 1.165) is 32.2 Å². The van der Waals surface area contributed by atoms with Crippen molar-refractivity contribution in [1.82, 2.24) is 15.1 Å². The fourth-order valence-electron chi connectivity index (χ4n) is 5.38. The molecule has 0 bridgehead atoms. The summed E-state index contributed by atoms with van der Waals surface area (Å²) in [6, 6.07) is 4.86. The molecule has 3 atom stereocenters. The number of fused-ring (bicyclic) bond motifs is 1. The average Bonchev–Trinajstić information content (AvgIpc) is 3.49. The maximum absolute atomic E-state index is 13.6. The predicted octanol–water partition coefficient (Wildman–Crippen LogP) is 1.98. The number of hydroxylamine groups is 1. The maximum Gasteiger partial charge on any atom is 0.332 e. The molecule has 1 amide bonds. The van der Waals surface area contributed by atoms with Crippen LogP contribution in [0.2, 0.25) is 0 Å². The van der Waals surface area contributed by atoms with E-state index in [9.17, 15) is 18.0 Å². The lowest BCUT2D eigenvalue weighted by Crippen LogP contribution is -2.53. The van der Waals surface area contributed by atoms with Crippen LogP contribution in [0, 0.1) is 11.8 Å². The van der Waals surface area contributed by atoms with Gasteiger partial charge in [0, 0.05) is 19.0 Å². The highest BCUT2D eigenvalue weighted by Gasteiger charge is 2.51. The number of carbonyl (C=O) groups is 2. The summed E-state index contributed by atoms with van der Waals surface area (Å²) in [5.74, 6) is 0.0657. The van der Waals surface area contributed by atoms with Gasteiger partial charge in [0.2, 0.25) is 10.0 Å². The molecular formula is C23H33N3O6S. The lowest BCUT2D eigenvalue weighted by molar-refractivity contribution is -0.159. The van der Waals surface area contributed by atoms with Crippen molar-refractivity contribution >= 4 is 21.9 Å². The van der Waals surface area contributed by atoms with Crippen LogP contribution < -0.4 is 15.5 Å². The molecule has 1 aromatic carbocycles. The molecule has 0 unspecified atom stereocenters. The molecule has 33 heavy (non-hydrogen) atoms. The van der Waals surface area contributed by atoms with Crippen LogP contribution in [0.1, 0.15) is 51.4 Å². The van der Waals surface area contributed by atoms with E-state index in [1.807, 2.05) is 0 Å². The van der Waals surface area contributed by atoms with Gasteiger partial charge in [0.25, 0.3) is 5.91 Å². The summed E-state index contributed by atoms with van der Waals surface area (Å²) in [5.41, 5.74) is 2.25. The second kappa shape index (κ2) is 10.4. The van der Waals surface area contributed by atoms with Crippen LogP contribution in [0.4, 0.5) is 0 Å². The van der Waals surface area contributed by atoms with Crippen LogP contribution >= 0.6 is 0 Å². The van der Waals surface area contributed by atoms with Crippen LogP contribution in [0.5, 0.6) is 5.75 Å². The first-order valence-corrected chi connectivity index (χ1v) is 13.2. The average molecular weight is 480 g/mol. The third-order valence-corrected chi connectivity index (χ3v) is 9.13. The summed E-state index contributed by atoms with van der Waals surface area (Å²) in [5, 5.41) is 3.24. The fourth-order valence-corrected chi connectivity index (χ4v) is 7.22. The molecule has 182 valence electrons. The third kappa shape index (κ3) is 5.33. The number of ether oxygens (including phenoxy) is 1. The van der Waals surface area contributed by atoms with Crippen LogP contribution in [0.3, 0.4) is 0 Å². The van der Waals surface area contributed by atoms with Gasteiger partial charge in [0.05, 0.1) is 12.0 Å². The SMILES string of the molecule is COc1ccc(S(=O)(=O)N2[C@H](C(=O)NOC(=O)CCC3CCCC3)C[C@@H]3CCNC[C@@H]32)cc1. The van der Waals surface area contributed by atoms with Gasteiger partial charge in [-0.25, -0.2) is 13.2 Å². The molecule has 2 heterocycles. The Kier molecular flexibility index (Phi) is 7.55. The van der Waals surface area contributed by atoms with Crippen LogP contribution in [0.15, 0.2) is 29.2 Å². The smallest absolute Gasteiger partial charge is 0.332 e. The van der Waals surface area contributed by atoms with E-state index in [0.29, 0.717) is 24.6 Å². The number of piperidine rings is 1. The Balaban J connectivity index is 1.45. The largest absolute Gasteiger partial charge is 0.497 e. The number of benzene rings is 1. The number of sulfonamides is 1. The molecule has 1 saturated carbocycles. The summed E-state index contributed by atoms with van der Waals surface area (Å²) >= 11 is 0.